The first-order valence-electron chi connectivity index (χ1n) is 6.41. The molecule has 1 aliphatic rings. The van der Waals surface area contributed by atoms with E-state index in [1.807, 2.05) is 23.5 Å². The summed E-state index contributed by atoms with van der Waals surface area (Å²) in [6.45, 7) is 0.801. The Kier molecular flexibility index (Phi) is 4.31. The summed E-state index contributed by atoms with van der Waals surface area (Å²) in [5.41, 5.74) is 0.951. The van der Waals surface area contributed by atoms with Gasteiger partial charge in [0.05, 0.1) is 0 Å². The van der Waals surface area contributed by atoms with Crippen LogP contribution in [0.15, 0.2) is 24.4 Å². The van der Waals surface area contributed by atoms with Crippen molar-refractivity contribution in [2.45, 2.75) is 5.25 Å². The van der Waals surface area contributed by atoms with Crippen molar-refractivity contribution in [3.05, 3.63) is 36.0 Å². The minimum Gasteiger partial charge on any atom is -0.383 e. The van der Waals surface area contributed by atoms with Crippen molar-refractivity contribution in [1.29, 1.82) is 0 Å². The largest absolute Gasteiger partial charge is 0.383 e. The first kappa shape index (κ1) is 13.9. The van der Waals surface area contributed by atoms with Gasteiger partial charge in [-0.2, -0.15) is 23.5 Å². The van der Waals surface area contributed by atoms with Crippen molar-refractivity contribution < 1.29 is 8.78 Å². The third kappa shape index (κ3) is 3.01. The number of thioether (sulfide) groups is 2. The first-order valence-corrected chi connectivity index (χ1v) is 8.61. The molecule has 1 fully saturated rings. The number of benzene rings is 1. The normalized spacial score (nSPS) is 19.2. The maximum Gasteiger partial charge on any atom is 0.152 e. The standard InChI is InChI=1S/C14H14F2N2S2/c15-9-5-11-13(1-2-17-14(11)12(16)6-9)18-7-10-8-19-3-4-20-10/h1-2,5-6,10H,3-4,7-8H2,(H,17,18). The molecule has 2 heterocycles. The van der Waals surface area contributed by atoms with E-state index in [0.717, 1.165) is 29.8 Å². The lowest BCUT2D eigenvalue weighted by Gasteiger charge is -2.22. The molecule has 20 heavy (non-hydrogen) atoms. The first-order chi connectivity index (χ1) is 9.74. The molecule has 1 N–H and O–H groups in total. The second kappa shape index (κ2) is 6.18. The van der Waals surface area contributed by atoms with Crippen LogP contribution in [0.4, 0.5) is 14.5 Å². The number of anilines is 1. The highest BCUT2D eigenvalue weighted by atomic mass is 32.2. The summed E-state index contributed by atoms with van der Waals surface area (Å²) in [6.07, 6.45) is 1.55. The zero-order valence-electron chi connectivity index (χ0n) is 10.7. The maximum atomic E-state index is 13.7. The van der Waals surface area contributed by atoms with Crippen LogP contribution in [0, 0.1) is 11.6 Å². The molecular weight excluding hydrogens is 298 g/mol. The number of hydrogen-bond donors (Lipinski definition) is 1. The van der Waals surface area contributed by atoms with Crippen molar-refractivity contribution in [3.63, 3.8) is 0 Å². The quantitative estimate of drug-likeness (QED) is 0.932. The van der Waals surface area contributed by atoms with E-state index in [1.165, 1.54) is 11.8 Å². The van der Waals surface area contributed by atoms with Gasteiger partial charge in [0.2, 0.25) is 0 Å². The van der Waals surface area contributed by atoms with Gasteiger partial charge in [0.1, 0.15) is 11.3 Å². The lowest BCUT2D eigenvalue weighted by Crippen LogP contribution is -2.23. The van der Waals surface area contributed by atoms with Crippen LogP contribution in [0.3, 0.4) is 0 Å². The zero-order valence-corrected chi connectivity index (χ0v) is 12.4. The number of halogens is 2. The highest BCUT2D eigenvalue weighted by Crippen LogP contribution is 2.27. The second-order valence-electron chi connectivity index (χ2n) is 4.59. The van der Waals surface area contributed by atoms with Crippen LogP contribution in [0.25, 0.3) is 10.9 Å². The number of fused-ring (bicyclic) bond motifs is 1. The Hall–Kier alpha value is -1.01. The van der Waals surface area contributed by atoms with Gasteiger partial charge in [-0.15, -0.1) is 0 Å². The Morgan fingerprint density at radius 2 is 2.20 bits per heavy atom. The molecule has 0 amide bonds. The summed E-state index contributed by atoms with van der Waals surface area (Å²) in [5.74, 6) is 2.29. The fraction of sp³-hybridized carbons (Fsp3) is 0.357. The molecule has 0 saturated carbocycles. The number of rotatable bonds is 3. The van der Waals surface area contributed by atoms with E-state index in [1.54, 1.807) is 12.3 Å². The Balaban J connectivity index is 1.83. The molecule has 1 aliphatic heterocycles. The van der Waals surface area contributed by atoms with Gasteiger partial charge in [-0.1, -0.05) is 0 Å². The van der Waals surface area contributed by atoms with Crippen molar-refractivity contribution in [1.82, 2.24) is 4.98 Å². The highest BCUT2D eigenvalue weighted by Gasteiger charge is 2.15. The van der Waals surface area contributed by atoms with Gasteiger partial charge in [-0.3, -0.25) is 4.98 Å². The molecular formula is C14H14F2N2S2. The van der Waals surface area contributed by atoms with Gasteiger partial charge in [-0.05, 0) is 12.1 Å². The molecule has 0 bridgehead atoms. The van der Waals surface area contributed by atoms with Gasteiger partial charge in [0.15, 0.2) is 5.82 Å². The van der Waals surface area contributed by atoms with Gasteiger partial charge in [-0.25, -0.2) is 8.78 Å². The zero-order chi connectivity index (χ0) is 13.9. The van der Waals surface area contributed by atoms with Crippen LogP contribution in [0.5, 0.6) is 0 Å². The van der Waals surface area contributed by atoms with Crippen molar-refractivity contribution in [2.75, 3.05) is 29.1 Å². The van der Waals surface area contributed by atoms with E-state index in [0.29, 0.717) is 10.6 Å². The number of hydrogen-bond acceptors (Lipinski definition) is 4. The molecule has 1 aromatic heterocycles. The molecule has 106 valence electrons. The Bertz CT molecular complexity index is 615. The fourth-order valence-corrected chi connectivity index (χ4v) is 4.82. The molecule has 1 atom stereocenters. The molecule has 2 aromatic rings. The Morgan fingerprint density at radius 1 is 1.30 bits per heavy atom. The molecule has 1 aromatic carbocycles. The highest BCUT2D eigenvalue weighted by molar-refractivity contribution is 8.06. The van der Waals surface area contributed by atoms with Crippen LogP contribution in [-0.4, -0.2) is 34.0 Å². The molecule has 1 saturated heterocycles. The van der Waals surface area contributed by atoms with E-state index in [2.05, 4.69) is 10.3 Å². The van der Waals surface area contributed by atoms with Crippen LogP contribution in [0.2, 0.25) is 0 Å². The minimum atomic E-state index is -0.619. The third-order valence-corrected chi connectivity index (χ3v) is 6.01. The number of nitrogens with one attached hydrogen (secondary N) is 1. The van der Waals surface area contributed by atoms with Gasteiger partial charge >= 0.3 is 0 Å². The van der Waals surface area contributed by atoms with Crippen molar-refractivity contribution >= 4 is 40.1 Å². The van der Waals surface area contributed by atoms with E-state index in [4.69, 9.17) is 0 Å². The summed E-state index contributed by atoms with van der Waals surface area (Å²) in [5, 5.41) is 4.34. The average molecular weight is 312 g/mol. The molecule has 6 heteroatoms. The topological polar surface area (TPSA) is 24.9 Å². The molecule has 0 radical (unpaired) electrons. The van der Waals surface area contributed by atoms with E-state index < -0.39 is 11.6 Å². The predicted octanol–water partition coefficient (Wildman–Crippen LogP) is 3.77. The van der Waals surface area contributed by atoms with Crippen LogP contribution < -0.4 is 5.32 Å². The Labute approximate surface area is 124 Å². The summed E-state index contributed by atoms with van der Waals surface area (Å²) in [7, 11) is 0. The van der Waals surface area contributed by atoms with Gasteiger partial charge < -0.3 is 5.32 Å². The van der Waals surface area contributed by atoms with Crippen LogP contribution in [0.1, 0.15) is 0 Å². The molecule has 0 aliphatic carbocycles. The van der Waals surface area contributed by atoms with Crippen molar-refractivity contribution in [2.24, 2.45) is 0 Å². The summed E-state index contributed by atoms with van der Waals surface area (Å²) in [4.78, 5) is 3.99. The van der Waals surface area contributed by atoms with Crippen LogP contribution >= 0.6 is 23.5 Å². The second-order valence-corrected chi connectivity index (χ2v) is 7.15. The molecule has 2 nitrogen and oxygen atoms in total. The number of aromatic nitrogens is 1. The van der Waals surface area contributed by atoms with E-state index in [-0.39, 0.29) is 5.52 Å². The average Bonchev–Trinajstić information content (AvgIpc) is 2.46. The SMILES string of the molecule is Fc1cc(F)c2nccc(NCC3CSCCS3)c2c1. The van der Waals surface area contributed by atoms with E-state index in [9.17, 15) is 8.78 Å². The predicted molar refractivity (Wildman–Crippen MR) is 83.7 cm³/mol. The van der Waals surface area contributed by atoms with Crippen LogP contribution in [-0.2, 0) is 0 Å². The Morgan fingerprint density at radius 3 is 3.00 bits per heavy atom. The monoisotopic (exact) mass is 312 g/mol. The van der Waals surface area contributed by atoms with E-state index >= 15 is 0 Å². The third-order valence-electron chi connectivity index (χ3n) is 3.17. The smallest absolute Gasteiger partial charge is 0.152 e. The molecule has 3 rings (SSSR count). The fourth-order valence-electron chi connectivity index (χ4n) is 2.21. The summed E-state index contributed by atoms with van der Waals surface area (Å²) in [6, 6.07) is 3.96. The summed E-state index contributed by atoms with van der Waals surface area (Å²) >= 11 is 3.90. The number of nitrogens with zero attached hydrogens (tertiary/aromatic N) is 1. The molecule has 0 spiro atoms. The summed E-state index contributed by atoms with van der Waals surface area (Å²) < 4.78 is 27.1. The number of pyridine rings is 1. The van der Waals surface area contributed by atoms with Gasteiger partial charge in [0.25, 0.3) is 0 Å². The van der Waals surface area contributed by atoms with Gasteiger partial charge in [0, 0.05) is 52.4 Å². The lowest BCUT2D eigenvalue weighted by atomic mass is 10.1. The minimum absolute atomic E-state index is 0.210. The maximum absolute atomic E-state index is 13.7. The molecule has 1 unspecified atom stereocenters. The van der Waals surface area contributed by atoms with Crippen molar-refractivity contribution in [3.8, 4) is 0 Å². The lowest BCUT2D eigenvalue weighted by molar-refractivity contribution is 0.590.